The third-order valence-electron chi connectivity index (χ3n) is 10.7. The number of aliphatic hydroxyl groups is 2. The largest absolute Gasteiger partial charge is 0.460 e. The molecule has 7 heteroatoms. The van der Waals surface area contributed by atoms with E-state index in [0.717, 1.165) is 19.3 Å². The van der Waals surface area contributed by atoms with Crippen molar-refractivity contribution >= 4 is 11.9 Å². The Balaban J connectivity index is 1.50. The number of aliphatic hydroxyl groups excluding tert-OH is 1. The van der Waals surface area contributed by atoms with Gasteiger partial charge < -0.3 is 19.7 Å². The van der Waals surface area contributed by atoms with Crippen LogP contribution in [0.1, 0.15) is 76.4 Å². The maximum Gasteiger partial charge on any atom is 0.340 e. The van der Waals surface area contributed by atoms with Crippen molar-refractivity contribution in [1.82, 2.24) is 4.98 Å². The first-order chi connectivity index (χ1) is 18.3. The standard InChI is InChI=1S/C32H43NO6/c1-16(2)27-25-13-22-18(4)32(37)24(20(6)38-30(36)28(32)34)11-10-17(3)23(22)14-31(25,7)15-26(27)39-29(35)21-9-8-12-33-19(21)5/h8-10,12,16,20,22-28,34,37H,4,11,13-15H2,1-3,5-7H3. The van der Waals surface area contributed by atoms with E-state index in [-0.39, 0.29) is 47.1 Å². The topological polar surface area (TPSA) is 106 Å². The summed E-state index contributed by atoms with van der Waals surface area (Å²) in [5.41, 5.74) is 1.11. The number of carbonyl (C=O) groups is 2. The molecular weight excluding hydrogens is 494 g/mol. The lowest BCUT2D eigenvalue weighted by molar-refractivity contribution is -0.209. The fraction of sp³-hybridized carbons (Fsp3) is 0.656. The van der Waals surface area contributed by atoms with Crippen LogP contribution in [0.15, 0.2) is 42.1 Å². The quantitative estimate of drug-likeness (QED) is 0.421. The van der Waals surface area contributed by atoms with Crippen molar-refractivity contribution in [2.24, 2.45) is 40.9 Å². The van der Waals surface area contributed by atoms with Crippen LogP contribution >= 0.6 is 0 Å². The van der Waals surface area contributed by atoms with E-state index in [1.165, 1.54) is 5.57 Å². The number of aryl methyl sites for hydroxylation is 1. The molecule has 1 aromatic rings. The summed E-state index contributed by atoms with van der Waals surface area (Å²) in [4.78, 5) is 30.1. The van der Waals surface area contributed by atoms with Crippen LogP contribution in [0.25, 0.3) is 0 Å². The average molecular weight is 538 g/mol. The van der Waals surface area contributed by atoms with E-state index in [9.17, 15) is 19.8 Å². The van der Waals surface area contributed by atoms with Crippen LogP contribution in [0.4, 0.5) is 0 Å². The van der Waals surface area contributed by atoms with Gasteiger partial charge in [0.05, 0.1) is 11.3 Å². The van der Waals surface area contributed by atoms with Gasteiger partial charge in [-0.3, -0.25) is 4.98 Å². The zero-order valence-electron chi connectivity index (χ0n) is 24.0. The van der Waals surface area contributed by atoms with E-state index >= 15 is 0 Å². The van der Waals surface area contributed by atoms with Gasteiger partial charge in [0.1, 0.15) is 17.8 Å². The summed E-state index contributed by atoms with van der Waals surface area (Å²) in [6.45, 7) is 16.8. The number of aromatic nitrogens is 1. The third-order valence-corrected chi connectivity index (χ3v) is 10.7. The lowest BCUT2D eigenvalue weighted by Gasteiger charge is -2.54. The minimum Gasteiger partial charge on any atom is -0.460 e. The van der Waals surface area contributed by atoms with Crippen LogP contribution in [0, 0.1) is 47.8 Å². The van der Waals surface area contributed by atoms with Crippen LogP contribution in [0.3, 0.4) is 0 Å². The Bertz CT molecular complexity index is 1210. The van der Waals surface area contributed by atoms with E-state index in [1.54, 1.807) is 25.3 Å². The molecule has 39 heavy (non-hydrogen) atoms. The first-order valence-electron chi connectivity index (χ1n) is 14.4. The summed E-state index contributed by atoms with van der Waals surface area (Å²) in [6, 6.07) is 3.52. The first-order valence-corrected chi connectivity index (χ1v) is 14.4. The second-order valence-corrected chi connectivity index (χ2v) is 13.2. The molecule has 10 unspecified atom stereocenters. The molecule has 0 spiro atoms. The van der Waals surface area contributed by atoms with Crippen LogP contribution < -0.4 is 0 Å². The van der Waals surface area contributed by atoms with Crippen LogP contribution in [0.5, 0.6) is 0 Å². The van der Waals surface area contributed by atoms with E-state index < -0.39 is 29.7 Å². The number of nitrogens with zero attached hydrogens (tertiary/aromatic N) is 1. The van der Waals surface area contributed by atoms with Gasteiger partial charge in [-0.05, 0) is 93.2 Å². The molecule has 0 aromatic carbocycles. The Morgan fingerprint density at radius 1 is 1.23 bits per heavy atom. The number of hydrogen-bond acceptors (Lipinski definition) is 7. The number of allylic oxidation sites excluding steroid dienone is 2. The molecule has 1 aliphatic heterocycles. The van der Waals surface area contributed by atoms with Gasteiger partial charge in [0.25, 0.3) is 0 Å². The summed E-state index contributed by atoms with van der Waals surface area (Å²) < 4.78 is 11.7. The Hall–Kier alpha value is -2.51. The SMILES string of the molecule is C=C1C2CC3C(C(C)C)C(OC(=O)c4cccnc4C)CC3(C)CC2C(C)=CCC2C(C)OC(=O)C(O)C12O. The molecule has 10 atom stereocenters. The van der Waals surface area contributed by atoms with Gasteiger partial charge >= 0.3 is 11.9 Å². The normalized spacial score (nSPS) is 41.9. The van der Waals surface area contributed by atoms with Crippen molar-refractivity contribution in [2.75, 3.05) is 0 Å². The second-order valence-electron chi connectivity index (χ2n) is 13.2. The Kier molecular flexibility index (Phi) is 7.08. The number of esters is 2. The van der Waals surface area contributed by atoms with Crippen molar-refractivity contribution in [3.8, 4) is 0 Å². The highest BCUT2D eigenvalue weighted by molar-refractivity contribution is 5.90. The van der Waals surface area contributed by atoms with Crippen LogP contribution in [0.2, 0.25) is 0 Å². The predicted octanol–water partition coefficient (Wildman–Crippen LogP) is 4.80. The van der Waals surface area contributed by atoms with E-state index in [4.69, 9.17) is 9.47 Å². The zero-order valence-corrected chi connectivity index (χ0v) is 24.0. The molecule has 1 aromatic heterocycles. The summed E-state index contributed by atoms with van der Waals surface area (Å²) in [7, 11) is 0. The number of pyridine rings is 1. The van der Waals surface area contributed by atoms with Gasteiger partial charge in [-0.25, -0.2) is 9.59 Å². The molecule has 0 amide bonds. The molecule has 3 fully saturated rings. The maximum atomic E-state index is 13.3. The zero-order chi connectivity index (χ0) is 28.4. The number of rotatable bonds is 3. The molecular formula is C32H43NO6. The first kappa shape index (κ1) is 28.0. The molecule has 0 radical (unpaired) electrons. The number of ether oxygens (including phenoxy) is 2. The molecule has 212 valence electrons. The monoisotopic (exact) mass is 537 g/mol. The van der Waals surface area contributed by atoms with Crippen molar-refractivity contribution < 1.29 is 29.3 Å². The molecule has 3 aliphatic carbocycles. The lowest BCUT2D eigenvalue weighted by Crippen LogP contribution is -2.63. The number of hydrogen-bond donors (Lipinski definition) is 2. The molecule has 4 aliphatic rings. The molecule has 5 rings (SSSR count). The highest BCUT2D eigenvalue weighted by atomic mass is 16.6. The number of cyclic esters (lactones) is 1. The highest BCUT2D eigenvalue weighted by Crippen LogP contribution is 2.63. The molecule has 1 saturated heterocycles. The van der Waals surface area contributed by atoms with Gasteiger partial charge in [-0.15, -0.1) is 0 Å². The Morgan fingerprint density at radius 2 is 1.95 bits per heavy atom. The van der Waals surface area contributed by atoms with Gasteiger partial charge in [0.2, 0.25) is 0 Å². The van der Waals surface area contributed by atoms with Crippen LogP contribution in [-0.4, -0.2) is 51.0 Å². The van der Waals surface area contributed by atoms with Gasteiger partial charge in [0, 0.05) is 18.0 Å². The van der Waals surface area contributed by atoms with Gasteiger partial charge in [-0.1, -0.05) is 39.0 Å². The molecule has 2 N–H and O–H groups in total. The molecule has 2 saturated carbocycles. The van der Waals surface area contributed by atoms with E-state index in [1.807, 2.05) is 6.92 Å². The minimum atomic E-state index is -1.75. The maximum absolute atomic E-state index is 13.3. The molecule has 2 heterocycles. The Morgan fingerprint density at radius 3 is 2.62 bits per heavy atom. The fourth-order valence-corrected chi connectivity index (χ4v) is 8.62. The second kappa shape index (κ2) is 9.84. The summed E-state index contributed by atoms with van der Waals surface area (Å²) in [6.07, 6.45) is 4.28. The highest BCUT2D eigenvalue weighted by Gasteiger charge is 2.62. The van der Waals surface area contributed by atoms with Crippen molar-refractivity contribution in [3.05, 3.63) is 53.4 Å². The number of carbonyl (C=O) groups excluding carboxylic acids is 2. The van der Waals surface area contributed by atoms with Gasteiger partial charge in [-0.2, -0.15) is 0 Å². The van der Waals surface area contributed by atoms with Crippen LogP contribution in [-0.2, 0) is 14.3 Å². The fourth-order valence-electron chi connectivity index (χ4n) is 8.62. The lowest BCUT2D eigenvalue weighted by atomic mass is 9.53. The third kappa shape index (κ3) is 4.37. The Labute approximate surface area is 231 Å². The van der Waals surface area contributed by atoms with Crippen molar-refractivity contribution in [1.29, 1.82) is 0 Å². The summed E-state index contributed by atoms with van der Waals surface area (Å²) in [5, 5.41) is 23.0. The summed E-state index contributed by atoms with van der Waals surface area (Å²) >= 11 is 0. The van der Waals surface area contributed by atoms with Crippen molar-refractivity contribution in [3.63, 3.8) is 0 Å². The average Bonchev–Trinajstić information content (AvgIpc) is 3.16. The van der Waals surface area contributed by atoms with E-state index in [0.29, 0.717) is 23.3 Å². The summed E-state index contributed by atoms with van der Waals surface area (Å²) in [5.74, 6) is -0.969. The predicted molar refractivity (Wildman–Crippen MR) is 146 cm³/mol. The number of fused-ring (bicyclic) bond motifs is 3. The van der Waals surface area contributed by atoms with E-state index in [2.05, 4.69) is 45.3 Å². The van der Waals surface area contributed by atoms with Crippen molar-refractivity contribution in [2.45, 2.75) is 91.1 Å². The molecule has 0 bridgehead atoms. The smallest absolute Gasteiger partial charge is 0.340 e. The van der Waals surface area contributed by atoms with Gasteiger partial charge in [0.15, 0.2) is 6.10 Å². The molecule has 7 nitrogen and oxygen atoms in total. The minimum absolute atomic E-state index is 0.0704.